The summed E-state index contributed by atoms with van der Waals surface area (Å²) in [5.74, 6) is 0.241. The molecule has 0 heterocycles. The minimum atomic E-state index is -0.258. The number of unbranched alkanes of at least 4 members (excludes halogenated alkanes) is 1. The topological polar surface area (TPSA) is 72.8 Å². The van der Waals surface area contributed by atoms with Crippen molar-refractivity contribution in [1.82, 2.24) is 0 Å². The number of hydrogen-bond acceptors (Lipinski definition) is 5. The van der Waals surface area contributed by atoms with E-state index in [0.29, 0.717) is 49.2 Å². The molecule has 0 amide bonds. The third-order valence-corrected chi connectivity index (χ3v) is 6.39. The lowest BCUT2D eigenvalue weighted by atomic mass is 9.98. The van der Waals surface area contributed by atoms with Gasteiger partial charge in [0.2, 0.25) is 0 Å². The van der Waals surface area contributed by atoms with E-state index in [9.17, 15) is 14.7 Å². The lowest BCUT2D eigenvalue weighted by molar-refractivity contribution is -0.143. The van der Waals surface area contributed by atoms with Crippen LogP contribution in [0.1, 0.15) is 91.6 Å². The van der Waals surface area contributed by atoms with Gasteiger partial charge in [0.05, 0.1) is 12.2 Å². The predicted octanol–water partition coefficient (Wildman–Crippen LogP) is 7.38. The van der Waals surface area contributed by atoms with Gasteiger partial charge < -0.3 is 14.6 Å². The summed E-state index contributed by atoms with van der Waals surface area (Å²) in [6.07, 6.45) is 4.59. The Kier molecular flexibility index (Phi) is 10.8. The maximum Gasteiger partial charge on any atom is 0.305 e. The number of phenols is 1. The number of hydrogen-bond donors (Lipinski definition) is 1. The number of ketones is 1. The molecule has 3 aromatic carbocycles. The second-order valence-corrected chi connectivity index (χ2v) is 9.31. The average Bonchev–Trinajstić information content (AvgIpc) is 2.89. The molecule has 5 heteroatoms. The van der Waals surface area contributed by atoms with Gasteiger partial charge in [0.15, 0.2) is 5.78 Å². The number of rotatable bonds is 14. The lowest BCUT2D eigenvalue weighted by Gasteiger charge is -2.23. The van der Waals surface area contributed by atoms with Crippen molar-refractivity contribution in [2.45, 2.75) is 71.8 Å². The molecule has 0 radical (unpaired) electrons. The molecular weight excluding hydrogens is 464 g/mol. The zero-order chi connectivity index (χ0) is 26.6. The van der Waals surface area contributed by atoms with E-state index in [4.69, 9.17) is 9.47 Å². The number of esters is 1. The molecular formula is C32H38O5. The van der Waals surface area contributed by atoms with Crippen LogP contribution in [0.15, 0.2) is 66.7 Å². The monoisotopic (exact) mass is 502 g/mol. The molecule has 3 rings (SSSR count). The first-order valence-electron chi connectivity index (χ1n) is 13.2. The zero-order valence-corrected chi connectivity index (χ0v) is 22.2. The largest absolute Gasteiger partial charge is 0.507 e. The summed E-state index contributed by atoms with van der Waals surface area (Å²) in [7, 11) is 0. The highest BCUT2D eigenvalue weighted by Crippen LogP contribution is 2.36. The van der Waals surface area contributed by atoms with Gasteiger partial charge >= 0.3 is 5.97 Å². The van der Waals surface area contributed by atoms with Gasteiger partial charge in [0.25, 0.3) is 0 Å². The van der Waals surface area contributed by atoms with Gasteiger partial charge in [-0.1, -0.05) is 67.9 Å². The van der Waals surface area contributed by atoms with Crippen molar-refractivity contribution < 1.29 is 24.2 Å². The maximum absolute atomic E-state index is 12.0. The fourth-order valence-corrected chi connectivity index (χ4v) is 4.46. The van der Waals surface area contributed by atoms with Gasteiger partial charge in [-0.2, -0.15) is 0 Å². The summed E-state index contributed by atoms with van der Waals surface area (Å²) in [6, 6.07) is 22.2. The highest BCUT2D eigenvalue weighted by atomic mass is 16.5. The van der Waals surface area contributed by atoms with E-state index in [1.54, 1.807) is 12.1 Å². The van der Waals surface area contributed by atoms with Crippen LogP contribution in [0.5, 0.6) is 11.5 Å². The third-order valence-electron chi connectivity index (χ3n) is 6.39. The van der Waals surface area contributed by atoms with Gasteiger partial charge in [-0.15, -0.1) is 0 Å². The molecule has 0 saturated heterocycles. The van der Waals surface area contributed by atoms with Crippen LogP contribution in [0, 0.1) is 0 Å². The first-order chi connectivity index (χ1) is 17.9. The molecule has 0 fully saturated rings. The van der Waals surface area contributed by atoms with E-state index >= 15 is 0 Å². The van der Waals surface area contributed by atoms with Crippen LogP contribution in [0.4, 0.5) is 0 Å². The second-order valence-electron chi connectivity index (χ2n) is 9.31. The van der Waals surface area contributed by atoms with E-state index in [2.05, 4.69) is 36.4 Å². The van der Waals surface area contributed by atoms with Gasteiger partial charge in [0.1, 0.15) is 17.6 Å². The molecule has 1 N–H and O–H groups in total. The summed E-state index contributed by atoms with van der Waals surface area (Å²) in [6.45, 7) is 5.68. The fourth-order valence-electron chi connectivity index (χ4n) is 4.46. The molecule has 5 nitrogen and oxygen atoms in total. The minimum Gasteiger partial charge on any atom is -0.507 e. The Labute approximate surface area is 220 Å². The van der Waals surface area contributed by atoms with Crippen molar-refractivity contribution in [3.8, 4) is 11.5 Å². The smallest absolute Gasteiger partial charge is 0.305 e. The molecule has 196 valence electrons. The number of phenolic OH excluding ortho intramolecular Hbond substituents is 1. The quantitative estimate of drug-likeness (QED) is 0.141. The zero-order valence-electron chi connectivity index (χ0n) is 22.2. The highest BCUT2D eigenvalue weighted by Gasteiger charge is 2.20. The Morgan fingerprint density at radius 1 is 0.892 bits per heavy atom. The van der Waals surface area contributed by atoms with E-state index < -0.39 is 0 Å². The number of aromatic hydroxyl groups is 1. The van der Waals surface area contributed by atoms with Gasteiger partial charge in [-0.3, -0.25) is 9.59 Å². The molecule has 0 aliphatic rings. The van der Waals surface area contributed by atoms with Crippen LogP contribution in [0.2, 0.25) is 0 Å². The first kappa shape index (κ1) is 28.0. The Morgan fingerprint density at radius 3 is 2.24 bits per heavy atom. The molecule has 37 heavy (non-hydrogen) atoms. The van der Waals surface area contributed by atoms with Crippen LogP contribution in [-0.4, -0.2) is 23.5 Å². The number of Topliss-reactive ketones (excluding diaryl/α,β-unsaturated/α-hetero) is 1. The number of carbonyl (C=O) groups is 2. The molecule has 3 aromatic rings. The molecule has 0 spiro atoms. The van der Waals surface area contributed by atoms with Crippen LogP contribution < -0.4 is 4.74 Å². The van der Waals surface area contributed by atoms with E-state index in [0.717, 1.165) is 24.8 Å². The van der Waals surface area contributed by atoms with Gasteiger partial charge in [-0.25, -0.2) is 0 Å². The van der Waals surface area contributed by atoms with Crippen LogP contribution in [-0.2, 0) is 22.4 Å². The second kappa shape index (κ2) is 14.2. The Balaban J connectivity index is 1.82. The summed E-state index contributed by atoms with van der Waals surface area (Å²) in [5, 5.41) is 10.8. The Hall–Kier alpha value is -3.60. The van der Waals surface area contributed by atoms with Crippen molar-refractivity contribution in [3.63, 3.8) is 0 Å². The SMILES string of the molecule is CCCc1c(OC(CCCCC(=O)OCC)c2ccc(Cc3ccccc3)cc2)ccc(C(C)=O)c1O. The average molecular weight is 503 g/mol. The van der Waals surface area contributed by atoms with Crippen molar-refractivity contribution in [2.24, 2.45) is 0 Å². The first-order valence-corrected chi connectivity index (χ1v) is 13.2. The fraction of sp³-hybridized carbons (Fsp3) is 0.375. The maximum atomic E-state index is 12.0. The Bertz CT molecular complexity index is 1150. The number of carbonyl (C=O) groups excluding carboxylic acids is 2. The predicted molar refractivity (Wildman–Crippen MR) is 146 cm³/mol. The standard InChI is InChI=1S/C32H38O5/c1-4-11-28-30(21-20-27(23(3)33)32(28)35)37-29(14-9-10-15-31(34)36-5-2)26-18-16-25(17-19-26)22-24-12-7-6-8-13-24/h6-8,12-13,16-21,29,35H,4-5,9-11,14-15,22H2,1-3H3. The molecule has 0 aliphatic heterocycles. The molecule has 1 unspecified atom stereocenters. The van der Waals surface area contributed by atoms with Crippen LogP contribution in [0.3, 0.4) is 0 Å². The van der Waals surface area contributed by atoms with Crippen LogP contribution in [0.25, 0.3) is 0 Å². The van der Waals surface area contributed by atoms with Crippen molar-refractivity contribution in [3.05, 3.63) is 94.5 Å². The summed E-state index contributed by atoms with van der Waals surface area (Å²) in [4.78, 5) is 23.7. The molecule has 0 bridgehead atoms. The van der Waals surface area contributed by atoms with Gasteiger partial charge in [-0.05, 0) is 74.8 Å². The molecule has 0 saturated carbocycles. The van der Waals surface area contributed by atoms with E-state index in [1.807, 2.05) is 32.0 Å². The van der Waals surface area contributed by atoms with Crippen molar-refractivity contribution in [1.29, 1.82) is 0 Å². The number of benzene rings is 3. The molecule has 1 atom stereocenters. The van der Waals surface area contributed by atoms with E-state index in [1.165, 1.54) is 18.1 Å². The van der Waals surface area contributed by atoms with Gasteiger partial charge in [0, 0.05) is 12.0 Å². The summed E-state index contributed by atoms with van der Waals surface area (Å²) >= 11 is 0. The Morgan fingerprint density at radius 2 is 1.59 bits per heavy atom. The highest BCUT2D eigenvalue weighted by molar-refractivity contribution is 5.97. The van der Waals surface area contributed by atoms with Crippen molar-refractivity contribution in [2.75, 3.05) is 6.61 Å². The van der Waals surface area contributed by atoms with E-state index in [-0.39, 0.29) is 23.6 Å². The van der Waals surface area contributed by atoms with Crippen molar-refractivity contribution >= 4 is 11.8 Å². The minimum absolute atomic E-state index is 0.00567. The summed E-state index contributed by atoms with van der Waals surface area (Å²) in [5.41, 5.74) is 4.48. The third kappa shape index (κ3) is 8.21. The molecule has 0 aliphatic carbocycles. The number of ether oxygens (including phenoxy) is 2. The summed E-state index contributed by atoms with van der Waals surface area (Å²) < 4.78 is 11.6. The lowest BCUT2D eigenvalue weighted by Crippen LogP contribution is -2.11. The van der Waals surface area contributed by atoms with Crippen LogP contribution >= 0.6 is 0 Å². The normalized spacial score (nSPS) is 11.6. The molecule has 0 aromatic heterocycles.